The van der Waals surface area contributed by atoms with Crippen molar-refractivity contribution in [2.24, 2.45) is 0 Å². The molecule has 0 bridgehead atoms. The second-order valence-corrected chi connectivity index (χ2v) is 5.29. The molecule has 18 heavy (non-hydrogen) atoms. The first-order valence-electron chi connectivity index (χ1n) is 6.00. The number of carbonyl (C=O) groups excluding carboxylic acids is 1. The molecule has 5 heteroatoms. The van der Waals surface area contributed by atoms with Crippen molar-refractivity contribution in [1.29, 1.82) is 0 Å². The number of halogens is 2. The zero-order chi connectivity index (χ0) is 13.7. The first kappa shape index (κ1) is 15.3. The first-order chi connectivity index (χ1) is 8.49. The van der Waals surface area contributed by atoms with Gasteiger partial charge in [0.25, 0.3) is 0 Å². The molecule has 0 saturated carbocycles. The van der Waals surface area contributed by atoms with E-state index >= 15 is 0 Å². The molecule has 0 spiro atoms. The number of benzene rings is 1. The lowest BCUT2D eigenvalue weighted by Gasteiger charge is -2.24. The highest BCUT2D eigenvalue weighted by Crippen LogP contribution is 2.26. The van der Waals surface area contributed by atoms with Crippen molar-refractivity contribution < 1.29 is 4.79 Å². The maximum Gasteiger partial charge on any atom is 0.244 e. The van der Waals surface area contributed by atoms with Gasteiger partial charge in [0.1, 0.15) is 6.04 Å². The summed E-state index contributed by atoms with van der Waals surface area (Å²) >= 11 is 9.30. The normalized spacial score (nSPS) is 12.1. The minimum Gasteiger partial charge on any atom is -0.373 e. The molecule has 1 amide bonds. The fourth-order valence-corrected chi connectivity index (χ4v) is 2.51. The van der Waals surface area contributed by atoms with Crippen molar-refractivity contribution in [3.8, 4) is 0 Å². The molecule has 1 atom stereocenters. The van der Waals surface area contributed by atoms with E-state index in [0.29, 0.717) is 5.02 Å². The molecular formula is C13H18BrClN2O. The van der Waals surface area contributed by atoms with Crippen LogP contribution in [0.15, 0.2) is 22.7 Å². The Hall–Kier alpha value is -0.740. The molecular weight excluding hydrogens is 316 g/mol. The third-order valence-electron chi connectivity index (χ3n) is 2.75. The van der Waals surface area contributed by atoms with Gasteiger partial charge in [0, 0.05) is 28.3 Å². The zero-order valence-electron chi connectivity index (χ0n) is 10.8. The molecule has 0 heterocycles. The van der Waals surface area contributed by atoms with Crippen LogP contribution in [-0.4, -0.2) is 29.9 Å². The van der Waals surface area contributed by atoms with Crippen molar-refractivity contribution >= 4 is 39.1 Å². The smallest absolute Gasteiger partial charge is 0.244 e. The van der Waals surface area contributed by atoms with Gasteiger partial charge in [0.15, 0.2) is 0 Å². The second-order valence-electron chi connectivity index (χ2n) is 4.00. The summed E-state index contributed by atoms with van der Waals surface area (Å²) in [5.74, 6) is 0.0989. The monoisotopic (exact) mass is 332 g/mol. The molecule has 0 fully saturated rings. The summed E-state index contributed by atoms with van der Waals surface area (Å²) in [4.78, 5) is 13.9. The number of rotatable bonds is 5. The minimum absolute atomic E-state index is 0.0989. The largest absolute Gasteiger partial charge is 0.373 e. The number of nitrogens with zero attached hydrogens (tertiary/aromatic N) is 1. The first-order valence-corrected chi connectivity index (χ1v) is 7.17. The van der Waals surface area contributed by atoms with Gasteiger partial charge in [0.2, 0.25) is 5.91 Å². The van der Waals surface area contributed by atoms with Crippen LogP contribution in [0.3, 0.4) is 0 Å². The summed E-state index contributed by atoms with van der Waals surface area (Å²) in [5.41, 5.74) is 0.868. The second kappa shape index (κ2) is 7.00. The number of likely N-dealkylation sites (N-methyl/N-ethyl adjacent to an activating group) is 1. The Labute approximate surface area is 122 Å². The Morgan fingerprint density at radius 3 is 2.56 bits per heavy atom. The molecule has 0 aliphatic carbocycles. The number of hydrogen-bond acceptors (Lipinski definition) is 2. The molecule has 0 aliphatic rings. The Bertz CT molecular complexity index is 421. The zero-order valence-corrected chi connectivity index (χ0v) is 13.2. The highest BCUT2D eigenvalue weighted by Gasteiger charge is 2.18. The quantitative estimate of drug-likeness (QED) is 0.889. The Balaban J connectivity index is 2.75. The summed E-state index contributed by atoms with van der Waals surface area (Å²) in [5, 5.41) is 3.85. The lowest BCUT2D eigenvalue weighted by Crippen LogP contribution is -2.41. The van der Waals surface area contributed by atoms with Crippen LogP contribution < -0.4 is 5.32 Å². The number of hydrogen-bond donors (Lipinski definition) is 1. The maximum atomic E-state index is 12.1. The molecule has 0 radical (unpaired) electrons. The molecule has 1 aromatic rings. The van der Waals surface area contributed by atoms with Crippen molar-refractivity contribution in [3.05, 3.63) is 27.7 Å². The van der Waals surface area contributed by atoms with Crippen molar-refractivity contribution in [1.82, 2.24) is 4.90 Å². The van der Waals surface area contributed by atoms with E-state index in [1.165, 1.54) is 0 Å². The number of amides is 1. The Morgan fingerprint density at radius 2 is 2.06 bits per heavy atom. The molecule has 0 aliphatic heterocycles. The lowest BCUT2D eigenvalue weighted by molar-refractivity contribution is -0.131. The van der Waals surface area contributed by atoms with E-state index in [2.05, 4.69) is 21.2 Å². The summed E-state index contributed by atoms with van der Waals surface area (Å²) in [6.45, 7) is 7.27. The summed E-state index contributed by atoms with van der Waals surface area (Å²) < 4.78 is 0.856. The van der Waals surface area contributed by atoms with Gasteiger partial charge >= 0.3 is 0 Å². The van der Waals surface area contributed by atoms with Gasteiger partial charge in [-0.3, -0.25) is 4.79 Å². The van der Waals surface area contributed by atoms with E-state index in [0.717, 1.165) is 23.2 Å². The van der Waals surface area contributed by atoms with Crippen molar-refractivity contribution in [3.63, 3.8) is 0 Å². The number of nitrogens with one attached hydrogen (secondary N) is 1. The molecule has 1 unspecified atom stereocenters. The van der Waals surface area contributed by atoms with Crippen LogP contribution in [0, 0.1) is 0 Å². The Morgan fingerprint density at radius 1 is 1.44 bits per heavy atom. The molecule has 100 valence electrons. The van der Waals surface area contributed by atoms with E-state index in [9.17, 15) is 4.79 Å². The molecule has 1 N–H and O–H groups in total. The fourth-order valence-electron chi connectivity index (χ4n) is 1.71. The fraction of sp³-hybridized carbons (Fsp3) is 0.462. The van der Waals surface area contributed by atoms with Gasteiger partial charge in [-0.25, -0.2) is 0 Å². The average Bonchev–Trinajstić information content (AvgIpc) is 2.34. The van der Waals surface area contributed by atoms with Crippen molar-refractivity contribution in [2.75, 3.05) is 18.4 Å². The van der Waals surface area contributed by atoms with E-state index in [1.807, 2.05) is 31.7 Å². The van der Waals surface area contributed by atoms with Crippen LogP contribution in [0.25, 0.3) is 0 Å². The molecule has 0 aromatic heterocycles. The van der Waals surface area contributed by atoms with Crippen LogP contribution in [0.1, 0.15) is 20.8 Å². The van der Waals surface area contributed by atoms with Crippen LogP contribution in [0.2, 0.25) is 5.02 Å². The molecule has 1 rings (SSSR count). The third kappa shape index (κ3) is 3.89. The van der Waals surface area contributed by atoms with Gasteiger partial charge < -0.3 is 10.2 Å². The van der Waals surface area contributed by atoms with Gasteiger partial charge in [-0.05, 0) is 54.9 Å². The number of anilines is 1. The topological polar surface area (TPSA) is 32.3 Å². The average molecular weight is 334 g/mol. The lowest BCUT2D eigenvalue weighted by atomic mass is 10.2. The highest BCUT2D eigenvalue weighted by molar-refractivity contribution is 9.10. The van der Waals surface area contributed by atoms with E-state index in [-0.39, 0.29) is 11.9 Å². The molecule has 1 aromatic carbocycles. The van der Waals surface area contributed by atoms with E-state index in [1.54, 1.807) is 12.1 Å². The minimum atomic E-state index is -0.262. The van der Waals surface area contributed by atoms with Gasteiger partial charge in [-0.1, -0.05) is 11.6 Å². The van der Waals surface area contributed by atoms with Crippen LogP contribution in [0.5, 0.6) is 0 Å². The summed E-state index contributed by atoms with van der Waals surface area (Å²) in [6.07, 6.45) is 0. The third-order valence-corrected chi connectivity index (χ3v) is 3.64. The van der Waals surface area contributed by atoms with E-state index in [4.69, 9.17) is 11.6 Å². The van der Waals surface area contributed by atoms with Crippen LogP contribution >= 0.6 is 27.5 Å². The predicted octanol–water partition coefficient (Wildman–Crippen LogP) is 3.77. The summed E-state index contributed by atoms with van der Waals surface area (Å²) in [6, 6.07) is 5.20. The molecule has 0 saturated heterocycles. The van der Waals surface area contributed by atoms with Crippen LogP contribution in [0.4, 0.5) is 5.69 Å². The van der Waals surface area contributed by atoms with Crippen LogP contribution in [-0.2, 0) is 4.79 Å². The standard InChI is InChI=1S/C13H18BrClN2O/c1-4-17(5-2)13(18)9(3)16-12-7-6-10(15)8-11(12)14/h6-9,16H,4-5H2,1-3H3. The van der Waals surface area contributed by atoms with E-state index < -0.39 is 0 Å². The van der Waals surface area contributed by atoms with Gasteiger partial charge in [-0.2, -0.15) is 0 Å². The van der Waals surface area contributed by atoms with Gasteiger partial charge in [-0.15, -0.1) is 0 Å². The SMILES string of the molecule is CCN(CC)C(=O)C(C)Nc1ccc(Cl)cc1Br. The maximum absolute atomic E-state index is 12.1. The highest BCUT2D eigenvalue weighted by atomic mass is 79.9. The number of carbonyl (C=O) groups is 1. The molecule has 3 nitrogen and oxygen atoms in total. The summed E-state index contributed by atoms with van der Waals surface area (Å²) in [7, 11) is 0. The Kier molecular flexibility index (Phi) is 5.96. The van der Waals surface area contributed by atoms with Crippen molar-refractivity contribution in [2.45, 2.75) is 26.8 Å². The van der Waals surface area contributed by atoms with Gasteiger partial charge in [0.05, 0.1) is 0 Å². The predicted molar refractivity (Wildman–Crippen MR) is 80.2 cm³/mol.